The number of hydrogen-bond acceptors (Lipinski definition) is 3. The van der Waals surface area contributed by atoms with E-state index in [9.17, 15) is 15.0 Å². The Balaban J connectivity index is 3.71. The first-order valence-electron chi connectivity index (χ1n) is 16.9. The SMILES string of the molecule is CC/C=C\C/C=C\C/C=C\CCCCCCCC(=O)N[C@@H](CO)[C@H](O)/C=C/CCCCCCCCCCCCC. The van der Waals surface area contributed by atoms with Gasteiger partial charge in [0.25, 0.3) is 0 Å². The van der Waals surface area contributed by atoms with E-state index in [0.29, 0.717) is 6.42 Å². The van der Waals surface area contributed by atoms with Gasteiger partial charge >= 0.3 is 0 Å². The van der Waals surface area contributed by atoms with Gasteiger partial charge in [-0.05, 0) is 51.4 Å². The van der Waals surface area contributed by atoms with Gasteiger partial charge in [-0.3, -0.25) is 4.79 Å². The maximum absolute atomic E-state index is 12.3. The third-order valence-corrected chi connectivity index (χ3v) is 7.32. The Labute approximate surface area is 248 Å². The minimum atomic E-state index is -0.844. The first kappa shape index (κ1) is 38.4. The largest absolute Gasteiger partial charge is 0.394 e. The molecule has 0 aromatic heterocycles. The molecule has 232 valence electrons. The van der Waals surface area contributed by atoms with Crippen molar-refractivity contribution >= 4 is 5.91 Å². The highest BCUT2D eigenvalue weighted by atomic mass is 16.3. The van der Waals surface area contributed by atoms with Crippen LogP contribution in [-0.2, 0) is 4.79 Å². The van der Waals surface area contributed by atoms with Crippen molar-refractivity contribution in [3.05, 3.63) is 48.6 Å². The summed E-state index contributed by atoms with van der Waals surface area (Å²) in [5.41, 5.74) is 0. The highest BCUT2D eigenvalue weighted by molar-refractivity contribution is 5.76. The molecule has 3 N–H and O–H groups in total. The van der Waals surface area contributed by atoms with E-state index in [1.54, 1.807) is 6.08 Å². The number of aliphatic hydroxyl groups excluding tert-OH is 2. The summed E-state index contributed by atoms with van der Waals surface area (Å²) in [5, 5.41) is 22.8. The molecule has 1 amide bonds. The van der Waals surface area contributed by atoms with E-state index in [-0.39, 0.29) is 12.5 Å². The molecule has 0 aliphatic rings. The highest BCUT2D eigenvalue weighted by Gasteiger charge is 2.17. The summed E-state index contributed by atoms with van der Waals surface area (Å²) in [6, 6.07) is -0.629. The van der Waals surface area contributed by atoms with E-state index < -0.39 is 12.1 Å². The second-order valence-electron chi connectivity index (χ2n) is 11.2. The molecule has 0 unspecified atom stereocenters. The molecule has 4 heteroatoms. The second-order valence-corrected chi connectivity index (χ2v) is 11.2. The van der Waals surface area contributed by atoms with Crippen LogP contribution >= 0.6 is 0 Å². The van der Waals surface area contributed by atoms with Crippen molar-refractivity contribution in [1.29, 1.82) is 0 Å². The summed E-state index contributed by atoms with van der Waals surface area (Å²) in [6.45, 7) is 4.16. The number of rotatable bonds is 29. The Morgan fingerprint density at radius 1 is 0.625 bits per heavy atom. The summed E-state index contributed by atoms with van der Waals surface area (Å²) in [6.07, 6.45) is 41.8. The van der Waals surface area contributed by atoms with Crippen LogP contribution in [0.3, 0.4) is 0 Å². The maximum atomic E-state index is 12.3. The Morgan fingerprint density at radius 3 is 1.65 bits per heavy atom. The second kappa shape index (κ2) is 31.9. The van der Waals surface area contributed by atoms with Gasteiger partial charge in [-0.2, -0.15) is 0 Å². The Morgan fingerprint density at radius 2 is 1.10 bits per heavy atom. The van der Waals surface area contributed by atoms with Crippen molar-refractivity contribution < 1.29 is 15.0 Å². The molecule has 0 aromatic rings. The summed E-state index contributed by atoms with van der Waals surface area (Å²) >= 11 is 0. The van der Waals surface area contributed by atoms with Gasteiger partial charge in [0.15, 0.2) is 0 Å². The zero-order valence-electron chi connectivity index (χ0n) is 26.3. The van der Waals surface area contributed by atoms with Crippen molar-refractivity contribution in [3.8, 4) is 0 Å². The summed E-state index contributed by atoms with van der Waals surface area (Å²) in [7, 11) is 0. The van der Waals surface area contributed by atoms with Gasteiger partial charge in [0.1, 0.15) is 0 Å². The van der Waals surface area contributed by atoms with E-state index in [0.717, 1.165) is 57.8 Å². The summed E-state index contributed by atoms with van der Waals surface area (Å²) < 4.78 is 0. The number of amides is 1. The standard InChI is InChI=1S/C36H65NO3/c1-3-5-7-9-11-13-15-17-18-20-22-24-26-28-30-32-36(40)37-34(33-38)35(39)31-29-27-25-23-21-19-16-14-12-10-8-6-4-2/h5,7,11,13,17-18,29,31,34-35,38-39H,3-4,6,8-10,12,14-16,19-28,30,32-33H2,1-2H3,(H,37,40)/b7-5-,13-11-,18-17-,31-29+/t34-,35+/m0/s1. The van der Waals surface area contributed by atoms with Crippen molar-refractivity contribution in [2.45, 2.75) is 167 Å². The van der Waals surface area contributed by atoms with E-state index in [4.69, 9.17) is 0 Å². The predicted octanol–water partition coefficient (Wildman–Crippen LogP) is 9.67. The van der Waals surface area contributed by atoms with Crippen LogP contribution in [0.15, 0.2) is 48.6 Å². The molecule has 0 bridgehead atoms. The van der Waals surface area contributed by atoms with Gasteiger partial charge in [-0.25, -0.2) is 0 Å². The first-order chi connectivity index (χ1) is 19.7. The average Bonchev–Trinajstić information content (AvgIpc) is 2.96. The lowest BCUT2D eigenvalue weighted by Crippen LogP contribution is -2.45. The van der Waals surface area contributed by atoms with E-state index in [2.05, 4.69) is 55.6 Å². The van der Waals surface area contributed by atoms with Crippen LogP contribution in [0.4, 0.5) is 0 Å². The molecule has 0 fully saturated rings. The van der Waals surface area contributed by atoms with Gasteiger partial charge in [0, 0.05) is 6.42 Å². The molecule has 2 atom stereocenters. The smallest absolute Gasteiger partial charge is 0.220 e. The molecule has 4 nitrogen and oxygen atoms in total. The van der Waals surface area contributed by atoms with Crippen LogP contribution in [0.5, 0.6) is 0 Å². The molecule has 0 heterocycles. The summed E-state index contributed by atoms with van der Waals surface area (Å²) in [4.78, 5) is 12.3. The topological polar surface area (TPSA) is 69.6 Å². The molecule has 0 saturated carbocycles. The molecule has 0 saturated heterocycles. The number of nitrogens with one attached hydrogen (secondary N) is 1. The highest BCUT2D eigenvalue weighted by Crippen LogP contribution is 2.12. The molecule has 0 spiro atoms. The number of unbranched alkanes of at least 4 members (excludes halogenated alkanes) is 16. The molecule has 40 heavy (non-hydrogen) atoms. The molecular formula is C36H65NO3. The maximum Gasteiger partial charge on any atom is 0.220 e. The molecule has 0 aromatic carbocycles. The van der Waals surface area contributed by atoms with Crippen molar-refractivity contribution in [2.75, 3.05) is 6.61 Å². The lowest BCUT2D eigenvalue weighted by Gasteiger charge is -2.20. The predicted molar refractivity (Wildman–Crippen MR) is 175 cm³/mol. The summed E-state index contributed by atoms with van der Waals surface area (Å²) in [5.74, 6) is -0.0852. The number of carbonyl (C=O) groups is 1. The molecule has 0 radical (unpaired) electrons. The van der Waals surface area contributed by atoms with Crippen LogP contribution in [0, 0.1) is 0 Å². The van der Waals surface area contributed by atoms with Crippen LogP contribution in [0.1, 0.15) is 155 Å². The number of allylic oxidation sites excluding steroid dienone is 7. The lowest BCUT2D eigenvalue weighted by atomic mass is 10.0. The van der Waals surface area contributed by atoms with Crippen LogP contribution < -0.4 is 5.32 Å². The minimum absolute atomic E-state index is 0.0852. The van der Waals surface area contributed by atoms with Crippen molar-refractivity contribution in [1.82, 2.24) is 5.32 Å². The normalized spacial score (nSPS) is 13.8. The van der Waals surface area contributed by atoms with Gasteiger partial charge in [0.05, 0.1) is 18.8 Å². The lowest BCUT2D eigenvalue weighted by molar-refractivity contribution is -0.123. The van der Waals surface area contributed by atoms with Gasteiger partial charge in [-0.15, -0.1) is 0 Å². The van der Waals surface area contributed by atoms with Crippen molar-refractivity contribution in [2.24, 2.45) is 0 Å². The van der Waals surface area contributed by atoms with Gasteiger partial charge in [0.2, 0.25) is 5.91 Å². The van der Waals surface area contributed by atoms with Gasteiger partial charge < -0.3 is 15.5 Å². The van der Waals surface area contributed by atoms with E-state index in [1.165, 1.54) is 77.0 Å². The zero-order valence-corrected chi connectivity index (χ0v) is 26.3. The molecular weight excluding hydrogens is 494 g/mol. The molecule has 0 aliphatic carbocycles. The fourth-order valence-corrected chi connectivity index (χ4v) is 4.72. The molecule has 0 rings (SSSR count). The fraction of sp³-hybridized carbons (Fsp3) is 0.750. The Hall–Kier alpha value is -1.65. The quantitative estimate of drug-likeness (QED) is 0.0631. The molecule has 0 aliphatic heterocycles. The van der Waals surface area contributed by atoms with Crippen molar-refractivity contribution in [3.63, 3.8) is 0 Å². The number of aliphatic hydroxyl groups is 2. The third-order valence-electron chi connectivity index (χ3n) is 7.32. The Kier molecular flexibility index (Phi) is 30.6. The van der Waals surface area contributed by atoms with E-state index in [1.807, 2.05) is 6.08 Å². The zero-order chi connectivity index (χ0) is 29.4. The van der Waals surface area contributed by atoms with Crippen LogP contribution in [-0.4, -0.2) is 34.9 Å². The van der Waals surface area contributed by atoms with Gasteiger partial charge in [-0.1, -0.05) is 146 Å². The van der Waals surface area contributed by atoms with Crippen LogP contribution in [0.25, 0.3) is 0 Å². The van der Waals surface area contributed by atoms with Crippen LogP contribution in [0.2, 0.25) is 0 Å². The first-order valence-corrected chi connectivity index (χ1v) is 16.9. The average molecular weight is 560 g/mol. The van der Waals surface area contributed by atoms with E-state index >= 15 is 0 Å². The fourth-order valence-electron chi connectivity index (χ4n) is 4.72. The number of carbonyl (C=O) groups excluding carboxylic acids is 1. The number of hydrogen-bond donors (Lipinski definition) is 3. The third kappa shape index (κ3) is 27.9. The monoisotopic (exact) mass is 559 g/mol. The Bertz CT molecular complexity index is 652. The minimum Gasteiger partial charge on any atom is -0.394 e.